The summed E-state index contributed by atoms with van der Waals surface area (Å²) in [6.07, 6.45) is 1.99. The van der Waals surface area contributed by atoms with Gasteiger partial charge in [-0.15, -0.1) is 0 Å². The molecule has 2 heterocycles. The van der Waals surface area contributed by atoms with Crippen LogP contribution in [0.25, 0.3) is 0 Å². The van der Waals surface area contributed by atoms with Crippen LogP contribution in [0.3, 0.4) is 0 Å². The van der Waals surface area contributed by atoms with Crippen LogP contribution in [0, 0.1) is 5.92 Å². The van der Waals surface area contributed by atoms with E-state index in [4.69, 9.17) is 4.74 Å². The summed E-state index contributed by atoms with van der Waals surface area (Å²) in [7, 11) is -3.08. The van der Waals surface area contributed by atoms with Crippen molar-refractivity contribution in [3.8, 4) is 0 Å². The maximum atomic E-state index is 12.3. The van der Waals surface area contributed by atoms with Crippen LogP contribution in [0.5, 0.6) is 0 Å². The minimum absolute atomic E-state index is 0.173. The number of piperazine rings is 1. The SMILES string of the molecule is CCC(C)CS(=O)(=O)N1CCN(C2(CC)COC2)CC1. The lowest BCUT2D eigenvalue weighted by atomic mass is 9.91. The highest BCUT2D eigenvalue weighted by Gasteiger charge is 2.44. The zero-order chi connectivity index (χ0) is 14.8. The second kappa shape index (κ2) is 6.30. The summed E-state index contributed by atoms with van der Waals surface area (Å²) in [4.78, 5) is 2.42. The van der Waals surface area contributed by atoms with Crippen molar-refractivity contribution in [1.29, 1.82) is 0 Å². The van der Waals surface area contributed by atoms with Crippen molar-refractivity contribution < 1.29 is 13.2 Å². The van der Waals surface area contributed by atoms with Crippen molar-refractivity contribution in [2.24, 2.45) is 5.92 Å². The molecule has 0 saturated carbocycles. The van der Waals surface area contributed by atoms with Crippen LogP contribution in [0.1, 0.15) is 33.6 Å². The summed E-state index contributed by atoms with van der Waals surface area (Å²) < 4.78 is 31.7. The van der Waals surface area contributed by atoms with E-state index >= 15 is 0 Å². The molecule has 0 aromatic heterocycles. The summed E-state index contributed by atoms with van der Waals surface area (Å²) in [6, 6.07) is 0. The molecular formula is C14H28N2O3S. The fraction of sp³-hybridized carbons (Fsp3) is 1.00. The molecule has 118 valence electrons. The van der Waals surface area contributed by atoms with Crippen LogP contribution in [0.4, 0.5) is 0 Å². The molecule has 1 unspecified atom stereocenters. The van der Waals surface area contributed by atoms with Crippen molar-refractivity contribution in [3.05, 3.63) is 0 Å². The predicted octanol–water partition coefficient (Wildman–Crippen LogP) is 1.16. The highest BCUT2D eigenvalue weighted by molar-refractivity contribution is 7.89. The van der Waals surface area contributed by atoms with Gasteiger partial charge in [-0.3, -0.25) is 4.90 Å². The Morgan fingerprint density at radius 2 is 1.75 bits per heavy atom. The summed E-state index contributed by atoms with van der Waals surface area (Å²) in [5.74, 6) is 0.519. The minimum Gasteiger partial charge on any atom is -0.377 e. The van der Waals surface area contributed by atoms with Gasteiger partial charge in [0, 0.05) is 26.2 Å². The van der Waals surface area contributed by atoms with Crippen LogP contribution < -0.4 is 0 Å². The lowest BCUT2D eigenvalue weighted by Gasteiger charge is -2.51. The monoisotopic (exact) mass is 304 g/mol. The first kappa shape index (κ1) is 16.2. The van der Waals surface area contributed by atoms with Gasteiger partial charge < -0.3 is 4.74 Å². The van der Waals surface area contributed by atoms with Gasteiger partial charge >= 0.3 is 0 Å². The Bertz CT molecular complexity index is 407. The molecular weight excluding hydrogens is 276 g/mol. The first-order valence-electron chi connectivity index (χ1n) is 7.74. The summed E-state index contributed by atoms with van der Waals surface area (Å²) in [6.45, 7) is 10.7. The van der Waals surface area contributed by atoms with E-state index in [2.05, 4.69) is 11.8 Å². The predicted molar refractivity (Wildman–Crippen MR) is 80.2 cm³/mol. The number of ether oxygens (including phenoxy) is 1. The van der Waals surface area contributed by atoms with E-state index in [0.717, 1.165) is 39.1 Å². The van der Waals surface area contributed by atoms with E-state index in [9.17, 15) is 8.42 Å². The van der Waals surface area contributed by atoms with E-state index in [1.54, 1.807) is 4.31 Å². The van der Waals surface area contributed by atoms with E-state index in [1.807, 2.05) is 13.8 Å². The third kappa shape index (κ3) is 3.18. The second-order valence-corrected chi connectivity index (χ2v) is 8.26. The smallest absolute Gasteiger partial charge is 0.214 e. The Kier molecular flexibility index (Phi) is 5.10. The molecule has 2 rings (SSSR count). The van der Waals surface area contributed by atoms with E-state index in [-0.39, 0.29) is 17.2 Å². The van der Waals surface area contributed by atoms with Gasteiger partial charge in [-0.05, 0) is 12.3 Å². The fourth-order valence-corrected chi connectivity index (χ4v) is 4.86. The molecule has 20 heavy (non-hydrogen) atoms. The van der Waals surface area contributed by atoms with Crippen molar-refractivity contribution in [2.45, 2.75) is 39.2 Å². The molecule has 2 saturated heterocycles. The van der Waals surface area contributed by atoms with Crippen molar-refractivity contribution in [1.82, 2.24) is 9.21 Å². The van der Waals surface area contributed by atoms with Crippen LogP contribution >= 0.6 is 0 Å². The molecule has 0 aliphatic carbocycles. The van der Waals surface area contributed by atoms with Crippen LogP contribution in [-0.4, -0.2) is 68.3 Å². The molecule has 0 radical (unpaired) electrons. The zero-order valence-electron chi connectivity index (χ0n) is 13.0. The Morgan fingerprint density at radius 1 is 1.15 bits per heavy atom. The fourth-order valence-electron chi connectivity index (χ4n) is 2.97. The average Bonchev–Trinajstić information content (AvgIpc) is 2.38. The number of sulfonamides is 1. The van der Waals surface area contributed by atoms with Gasteiger partial charge in [-0.2, -0.15) is 4.31 Å². The number of hydrogen-bond donors (Lipinski definition) is 0. The molecule has 6 heteroatoms. The largest absolute Gasteiger partial charge is 0.377 e. The van der Waals surface area contributed by atoms with Gasteiger partial charge in [0.25, 0.3) is 0 Å². The average molecular weight is 304 g/mol. The quantitative estimate of drug-likeness (QED) is 0.739. The van der Waals surface area contributed by atoms with Gasteiger partial charge in [0.05, 0.1) is 24.5 Å². The number of hydrogen-bond acceptors (Lipinski definition) is 4. The van der Waals surface area contributed by atoms with Gasteiger partial charge in [-0.25, -0.2) is 8.42 Å². The molecule has 2 fully saturated rings. The molecule has 0 bridgehead atoms. The van der Waals surface area contributed by atoms with Gasteiger partial charge in [-0.1, -0.05) is 27.2 Å². The van der Waals surface area contributed by atoms with Crippen molar-refractivity contribution in [3.63, 3.8) is 0 Å². The van der Waals surface area contributed by atoms with Crippen LogP contribution in [-0.2, 0) is 14.8 Å². The first-order chi connectivity index (χ1) is 9.43. The molecule has 5 nitrogen and oxygen atoms in total. The Balaban J connectivity index is 1.91. The summed E-state index contributed by atoms with van der Waals surface area (Å²) >= 11 is 0. The molecule has 0 aromatic rings. The van der Waals surface area contributed by atoms with Gasteiger partial charge in [0.1, 0.15) is 0 Å². The molecule has 0 N–H and O–H groups in total. The standard InChI is InChI=1S/C14H28N2O3S/c1-4-13(3)10-20(17,18)16-8-6-15(7-9-16)14(5-2)11-19-12-14/h13H,4-12H2,1-3H3. The molecule has 0 aromatic carbocycles. The van der Waals surface area contributed by atoms with E-state index in [0.29, 0.717) is 13.1 Å². The van der Waals surface area contributed by atoms with Gasteiger partial charge in [0.2, 0.25) is 10.0 Å². The first-order valence-corrected chi connectivity index (χ1v) is 9.35. The van der Waals surface area contributed by atoms with Crippen molar-refractivity contribution in [2.75, 3.05) is 45.1 Å². The van der Waals surface area contributed by atoms with Crippen LogP contribution in [0.15, 0.2) is 0 Å². The number of nitrogens with zero attached hydrogens (tertiary/aromatic N) is 2. The Morgan fingerprint density at radius 3 is 2.15 bits per heavy atom. The molecule has 1 atom stereocenters. The minimum atomic E-state index is -3.08. The maximum absolute atomic E-state index is 12.3. The second-order valence-electron chi connectivity index (χ2n) is 6.25. The maximum Gasteiger partial charge on any atom is 0.214 e. The van der Waals surface area contributed by atoms with Crippen LogP contribution in [0.2, 0.25) is 0 Å². The zero-order valence-corrected chi connectivity index (χ0v) is 13.8. The van der Waals surface area contributed by atoms with Crippen molar-refractivity contribution >= 4 is 10.0 Å². The van der Waals surface area contributed by atoms with Gasteiger partial charge in [0.15, 0.2) is 0 Å². The molecule has 0 amide bonds. The molecule has 2 aliphatic rings. The normalized spacial score (nSPS) is 26.1. The third-order valence-electron chi connectivity index (χ3n) is 4.89. The highest BCUT2D eigenvalue weighted by atomic mass is 32.2. The number of rotatable bonds is 6. The molecule has 2 aliphatic heterocycles. The lowest BCUT2D eigenvalue weighted by molar-refractivity contribution is -0.148. The summed E-state index contributed by atoms with van der Waals surface area (Å²) in [5.41, 5.74) is 0.173. The third-order valence-corrected chi connectivity index (χ3v) is 7.04. The Hall–Kier alpha value is -0.170. The topological polar surface area (TPSA) is 49.9 Å². The highest BCUT2D eigenvalue weighted by Crippen LogP contribution is 2.30. The van der Waals surface area contributed by atoms with E-state index < -0.39 is 10.0 Å². The lowest BCUT2D eigenvalue weighted by Crippen LogP contribution is -2.66. The van der Waals surface area contributed by atoms with E-state index in [1.165, 1.54) is 0 Å². The summed E-state index contributed by atoms with van der Waals surface area (Å²) in [5, 5.41) is 0. The Labute approximate surface area is 123 Å². The molecule has 0 spiro atoms.